The monoisotopic (exact) mass is 247 g/mol. The fraction of sp³-hybridized carbons (Fsp3) is 0.545. The smallest absolute Gasteiger partial charge is 0.271 e. The number of rotatable bonds is 5. The molecular formula is C11H16F3N3. The highest BCUT2D eigenvalue weighted by molar-refractivity contribution is 5.16. The van der Waals surface area contributed by atoms with Gasteiger partial charge in [-0.2, -0.15) is 13.2 Å². The summed E-state index contributed by atoms with van der Waals surface area (Å²) in [6.07, 6.45) is -2.88. The first-order chi connectivity index (χ1) is 7.92. The number of halogens is 3. The van der Waals surface area contributed by atoms with Crippen LogP contribution in [0.4, 0.5) is 13.2 Å². The average Bonchev–Trinajstić information content (AvgIpc) is 2.24. The molecule has 0 aliphatic heterocycles. The van der Waals surface area contributed by atoms with E-state index in [-0.39, 0.29) is 12.5 Å². The lowest BCUT2D eigenvalue weighted by atomic mass is 10.0. The lowest BCUT2D eigenvalue weighted by molar-refractivity contribution is -0.135. The first kappa shape index (κ1) is 13.9. The lowest BCUT2D eigenvalue weighted by Gasteiger charge is -2.16. The van der Waals surface area contributed by atoms with Gasteiger partial charge in [-0.1, -0.05) is 6.07 Å². The van der Waals surface area contributed by atoms with Gasteiger partial charge in [0.1, 0.15) is 0 Å². The van der Waals surface area contributed by atoms with E-state index in [2.05, 4.69) is 10.4 Å². The maximum Gasteiger partial charge on any atom is 0.389 e. The van der Waals surface area contributed by atoms with Crippen molar-refractivity contribution in [2.24, 2.45) is 5.84 Å². The van der Waals surface area contributed by atoms with Gasteiger partial charge in [-0.25, -0.2) is 0 Å². The van der Waals surface area contributed by atoms with Gasteiger partial charge in [0.25, 0.3) is 0 Å². The van der Waals surface area contributed by atoms with Crippen LogP contribution in [0.2, 0.25) is 0 Å². The van der Waals surface area contributed by atoms with Crippen molar-refractivity contribution < 1.29 is 13.2 Å². The van der Waals surface area contributed by atoms with Crippen LogP contribution in [-0.2, 0) is 0 Å². The molecule has 1 aromatic heterocycles. The van der Waals surface area contributed by atoms with E-state index < -0.39 is 12.6 Å². The van der Waals surface area contributed by atoms with Crippen LogP contribution < -0.4 is 11.3 Å². The standard InChI is InChI=1S/C11H16F3N3/c1-8-4-5-9(7-16-8)10(17-15)3-2-6-11(12,13)14/h4-5,7,10,17H,2-3,6,15H2,1H3. The van der Waals surface area contributed by atoms with Crippen LogP contribution in [0, 0.1) is 6.92 Å². The van der Waals surface area contributed by atoms with Crippen LogP contribution in [0.15, 0.2) is 18.3 Å². The fourth-order valence-corrected chi connectivity index (χ4v) is 1.54. The average molecular weight is 247 g/mol. The van der Waals surface area contributed by atoms with Crippen LogP contribution >= 0.6 is 0 Å². The summed E-state index contributed by atoms with van der Waals surface area (Å²) < 4.78 is 36.0. The van der Waals surface area contributed by atoms with Crippen molar-refractivity contribution in [1.82, 2.24) is 10.4 Å². The molecule has 0 aliphatic rings. The van der Waals surface area contributed by atoms with Gasteiger partial charge in [-0.05, 0) is 31.4 Å². The molecule has 1 heterocycles. The maximum absolute atomic E-state index is 12.0. The van der Waals surface area contributed by atoms with Crippen molar-refractivity contribution >= 4 is 0 Å². The minimum absolute atomic E-state index is 0.0479. The predicted octanol–water partition coefficient (Wildman–Crippen LogP) is 2.63. The van der Waals surface area contributed by atoms with E-state index in [1.54, 1.807) is 6.20 Å². The Kier molecular flexibility index (Phi) is 4.89. The summed E-state index contributed by atoms with van der Waals surface area (Å²) in [5, 5.41) is 0. The molecule has 1 aromatic rings. The quantitative estimate of drug-likeness (QED) is 0.621. The molecule has 3 N–H and O–H groups in total. The van der Waals surface area contributed by atoms with Crippen molar-refractivity contribution in [2.45, 2.75) is 38.4 Å². The number of hydrazine groups is 1. The van der Waals surface area contributed by atoms with Gasteiger partial charge in [0.05, 0.1) is 0 Å². The zero-order chi connectivity index (χ0) is 12.9. The van der Waals surface area contributed by atoms with Crippen LogP contribution in [0.5, 0.6) is 0 Å². The van der Waals surface area contributed by atoms with Crippen molar-refractivity contribution in [3.63, 3.8) is 0 Å². The zero-order valence-electron chi connectivity index (χ0n) is 9.59. The molecular weight excluding hydrogens is 231 g/mol. The van der Waals surface area contributed by atoms with Crippen LogP contribution in [0.25, 0.3) is 0 Å². The molecule has 0 fully saturated rings. The molecule has 96 valence electrons. The van der Waals surface area contributed by atoms with Gasteiger partial charge in [0, 0.05) is 24.4 Å². The maximum atomic E-state index is 12.0. The topological polar surface area (TPSA) is 50.9 Å². The summed E-state index contributed by atoms with van der Waals surface area (Å²) in [4.78, 5) is 4.09. The number of hydrogen-bond donors (Lipinski definition) is 2. The summed E-state index contributed by atoms with van der Waals surface area (Å²) in [7, 11) is 0. The highest BCUT2D eigenvalue weighted by Gasteiger charge is 2.26. The second-order valence-electron chi connectivity index (χ2n) is 3.96. The molecule has 0 bridgehead atoms. The summed E-state index contributed by atoms with van der Waals surface area (Å²) in [6, 6.07) is 3.34. The highest BCUT2D eigenvalue weighted by Crippen LogP contribution is 2.25. The molecule has 0 saturated carbocycles. The van der Waals surface area contributed by atoms with Crippen molar-refractivity contribution in [2.75, 3.05) is 0 Å². The second kappa shape index (κ2) is 5.97. The number of pyridine rings is 1. The Morgan fingerprint density at radius 1 is 1.41 bits per heavy atom. The van der Waals surface area contributed by atoms with E-state index in [4.69, 9.17) is 5.84 Å². The van der Waals surface area contributed by atoms with E-state index in [0.717, 1.165) is 11.3 Å². The Balaban J connectivity index is 2.51. The van der Waals surface area contributed by atoms with Gasteiger partial charge in [0.15, 0.2) is 0 Å². The molecule has 0 aliphatic carbocycles. The number of nitrogens with one attached hydrogen (secondary N) is 1. The molecule has 0 aromatic carbocycles. The molecule has 1 atom stereocenters. The van der Waals surface area contributed by atoms with E-state index in [1.165, 1.54) is 0 Å². The van der Waals surface area contributed by atoms with Crippen molar-refractivity contribution in [3.05, 3.63) is 29.6 Å². The third-order valence-corrected chi connectivity index (χ3v) is 2.49. The Morgan fingerprint density at radius 2 is 2.12 bits per heavy atom. The Bertz CT molecular complexity index is 335. The van der Waals surface area contributed by atoms with E-state index >= 15 is 0 Å². The fourth-order valence-electron chi connectivity index (χ4n) is 1.54. The van der Waals surface area contributed by atoms with Gasteiger partial charge >= 0.3 is 6.18 Å². The van der Waals surface area contributed by atoms with Gasteiger partial charge in [-0.3, -0.25) is 16.3 Å². The van der Waals surface area contributed by atoms with Crippen LogP contribution in [-0.4, -0.2) is 11.2 Å². The number of nitrogens with two attached hydrogens (primary N) is 1. The molecule has 0 saturated heterocycles. The van der Waals surface area contributed by atoms with E-state index in [9.17, 15) is 13.2 Å². The normalized spacial score (nSPS) is 13.7. The summed E-state index contributed by atoms with van der Waals surface area (Å²) in [6.45, 7) is 1.85. The molecule has 3 nitrogen and oxygen atoms in total. The van der Waals surface area contributed by atoms with Crippen molar-refractivity contribution in [1.29, 1.82) is 0 Å². The lowest BCUT2D eigenvalue weighted by Crippen LogP contribution is -2.28. The molecule has 1 rings (SSSR count). The zero-order valence-corrected chi connectivity index (χ0v) is 9.59. The van der Waals surface area contributed by atoms with Crippen LogP contribution in [0.3, 0.4) is 0 Å². The molecule has 0 amide bonds. The molecule has 1 unspecified atom stereocenters. The highest BCUT2D eigenvalue weighted by atomic mass is 19.4. The minimum atomic E-state index is -4.11. The van der Waals surface area contributed by atoms with Gasteiger partial charge in [-0.15, -0.1) is 0 Å². The van der Waals surface area contributed by atoms with Gasteiger partial charge < -0.3 is 0 Å². The minimum Gasteiger partial charge on any atom is -0.271 e. The molecule has 17 heavy (non-hydrogen) atoms. The summed E-state index contributed by atoms with van der Waals surface area (Å²) in [5.41, 5.74) is 4.18. The molecule has 6 heteroatoms. The first-order valence-electron chi connectivity index (χ1n) is 5.38. The predicted molar refractivity (Wildman–Crippen MR) is 58.9 cm³/mol. The Labute approximate surface area is 98.2 Å². The largest absolute Gasteiger partial charge is 0.389 e. The number of alkyl halides is 3. The number of aryl methyl sites for hydroxylation is 1. The van der Waals surface area contributed by atoms with Crippen molar-refractivity contribution in [3.8, 4) is 0 Å². The van der Waals surface area contributed by atoms with Gasteiger partial charge in [0.2, 0.25) is 0 Å². The summed E-state index contributed by atoms with van der Waals surface area (Å²) in [5.74, 6) is 5.33. The van der Waals surface area contributed by atoms with E-state index in [1.807, 2.05) is 19.1 Å². The third-order valence-electron chi connectivity index (χ3n) is 2.49. The Hall–Kier alpha value is -1.14. The molecule has 0 spiro atoms. The van der Waals surface area contributed by atoms with E-state index in [0.29, 0.717) is 6.42 Å². The number of aromatic nitrogens is 1. The summed E-state index contributed by atoms with van der Waals surface area (Å²) >= 11 is 0. The first-order valence-corrected chi connectivity index (χ1v) is 5.38. The Morgan fingerprint density at radius 3 is 2.59 bits per heavy atom. The van der Waals surface area contributed by atoms with Crippen LogP contribution in [0.1, 0.15) is 36.6 Å². The number of nitrogens with zero attached hydrogens (tertiary/aromatic N) is 1. The number of hydrogen-bond acceptors (Lipinski definition) is 3. The SMILES string of the molecule is Cc1ccc(C(CCCC(F)(F)F)NN)cn1. The molecule has 0 radical (unpaired) electrons. The second-order valence-corrected chi connectivity index (χ2v) is 3.96. The third kappa shape index (κ3) is 5.14.